The summed E-state index contributed by atoms with van der Waals surface area (Å²) < 4.78 is 6.34. The van der Waals surface area contributed by atoms with Crippen molar-refractivity contribution < 1.29 is 9.53 Å². The quantitative estimate of drug-likeness (QED) is 0.703. The summed E-state index contributed by atoms with van der Waals surface area (Å²) in [5.41, 5.74) is -0.291. The zero-order valence-electron chi connectivity index (χ0n) is 10.5. The summed E-state index contributed by atoms with van der Waals surface area (Å²) in [5, 5.41) is 3.20. The van der Waals surface area contributed by atoms with Gasteiger partial charge < -0.3 is 10.1 Å². The van der Waals surface area contributed by atoms with Crippen molar-refractivity contribution in [2.75, 3.05) is 0 Å². The summed E-state index contributed by atoms with van der Waals surface area (Å²) >= 11 is 0. The van der Waals surface area contributed by atoms with Crippen molar-refractivity contribution in [3.05, 3.63) is 0 Å². The number of hydrogen-bond acceptors (Lipinski definition) is 2. The smallest absolute Gasteiger partial charge is 0.227 e. The minimum Gasteiger partial charge on any atom is -0.352 e. The van der Waals surface area contributed by atoms with E-state index in [1.54, 1.807) is 0 Å². The van der Waals surface area contributed by atoms with E-state index in [2.05, 4.69) is 5.32 Å². The van der Waals surface area contributed by atoms with Crippen LogP contribution in [-0.2, 0) is 9.53 Å². The maximum Gasteiger partial charge on any atom is 0.227 e. The molecule has 3 rings (SSSR count). The largest absolute Gasteiger partial charge is 0.352 e. The van der Waals surface area contributed by atoms with E-state index in [9.17, 15) is 4.79 Å². The van der Waals surface area contributed by atoms with Gasteiger partial charge in [-0.25, -0.2) is 0 Å². The van der Waals surface area contributed by atoms with Gasteiger partial charge in [-0.1, -0.05) is 25.7 Å². The number of ether oxygens (including phenoxy) is 1. The number of rotatable bonds is 0. The van der Waals surface area contributed by atoms with Crippen molar-refractivity contribution >= 4 is 5.91 Å². The maximum atomic E-state index is 12.3. The van der Waals surface area contributed by atoms with Crippen LogP contribution in [0.1, 0.15) is 64.2 Å². The van der Waals surface area contributed by atoms with Crippen molar-refractivity contribution in [3.8, 4) is 0 Å². The highest BCUT2D eigenvalue weighted by Gasteiger charge is 2.46. The Bertz CT molecular complexity index is 297. The molecule has 96 valence electrons. The first-order valence-electron chi connectivity index (χ1n) is 7.29. The molecule has 1 N–H and O–H groups in total. The number of amides is 1. The zero-order valence-corrected chi connectivity index (χ0v) is 10.5. The number of hydrogen-bond donors (Lipinski definition) is 1. The molecule has 0 radical (unpaired) electrons. The number of carbonyl (C=O) groups is 1. The number of nitrogens with one attached hydrogen (secondary N) is 1. The second-order valence-electron chi connectivity index (χ2n) is 5.95. The average molecular weight is 237 g/mol. The van der Waals surface area contributed by atoms with Crippen LogP contribution in [-0.4, -0.2) is 17.7 Å². The van der Waals surface area contributed by atoms with Crippen LogP contribution in [0.4, 0.5) is 0 Å². The summed E-state index contributed by atoms with van der Waals surface area (Å²) in [7, 11) is 0. The van der Waals surface area contributed by atoms with Crippen LogP contribution < -0.4 is 5.32 Å². The van der Waals surface area contributed by atoms with Crippen molar-refractivity contribution in [2.24, 2.45) is 5.92 Å². The third-order valence-corrected chi connectivity index (χ3v) is 4.68. The molecule has 0 bridgehead atoms. The highest BCUT2D eigenvalue weighted by molar-refractivity contribution is 5.80. The highest BCUT2D eigenvalue weighted by Crippen LogP contribution is 2.38. The van der Waals surface area contributed by atoms with E-state index in [1.807, 2.05) is 0 Å². The molecule has 17 heavy (non-hydrogen) atoms. The third kappa shape index (κ3) is 2.22. The first-order valence-corrected chi connectivity index (χ1v) is 7.29. The molecule has 1 aliphatic heterocycles. The predicted octanol–water partition coefficient (Wildman–Crippen LogP) is 2.74. The van der Waals surface area contributed by atoms with Gasteiger partial charge in [0.2, 0.25) is 5.91 Å². The van der Waals surface area contributed by atoms with Gasteiger partial charge in [0.05, 0.1) is 12.0 Å². The van der Waals surface area contributed by atoms with E-state index >= 15 is 0 Å². The molecule has 0 aromatic carbocycles. The van der Waals surface area contributed by atoms with Crippen molar-refractivity contribution in [1.82, 2.24) is 5.32 Å². The van der Waals surface area contributed by atoms with E-state index in [1.165, 1.54) is 38.5 Å². The Morgan fingerprint density at radius 3 is 2.53 bits per heavy atom. The van der Waals surface area contributed by atoms with Gasteiger partial charge in [0, 0.05) is 0 Å². The predicted molar refractivity (Wildman–Crippen MR) is 65.4 cm³/mol. The van der Waals surface area contributed by atoms with E-state index in [0.717, 1.165) is 25.7 Å². The second kappa shape index (κ2) is 4.60. The van der Waals surface area contributed by atoms with E-state index in [0.29, 0.717) is 0 Å². The fourth-order valence-electron chi connectivity index (χ4n) is 3.72. The normalized spacial score (nSPS) is 37.1. The van der Waals surface area contributed by atoms with Crippen molar-refractivity contribution in [2.45, 2.75) is 76.0 Å². The lowest BCUT2D eigenvalue weighted by Gasteiger charge is -2.46. The standard InChI is InChI=1S/C14H23NO2/c16-13-11-7-3-1-4-8-12(11)17-14(15-13)9-5-2-6-10-14/h11-12H,1-10H2,(H,15,16)/t11-,12+/m1/s1. The molecule has 1 spiro atoms. The Morgan fingerprint density at radius 1 is 1.00 bits per heavy atom. The molecule has 0 aromatic heterocycles. The Kier molecular flexibility index (Phi) is 3.12. The molecule has 1 saturated heterocycles. The lowest BCUT2D eigenvalue weighted by atomic mass is 9.86. The minimum absolute atomic E-state index is 0.130. The second-order valence-corrected chi connectivity index (χ2v) is 5.95. The van der Waals surface area contributed by atoms with E-state index in [-0.39, 0.29) is 23.7 Å². The molecule has 3 heteroatoms. The van der Waals surface area contributed by atoms with Gasteiger partial charge in [-0.2, -0.15) is 0 Å². The number of carbonyl (C=O) groups excluding carboxylic acids is 1. The maximum absolute atomic E-state index is 12.3. The van der Waals surface area contributed by atoms with Crippen LogP contribution in [0.5, 0.6) is 0 Å². The third-order valence-electron chi connectivity index (χ3n) is 4.68. The molecule has 2 saturated carbocycles. The number of fused-ring (bicyclic) bond motifs is 1. The fourth-order valence-corrected chi connectivity index (χ4v) is 3.72. The molecule has 2 atom stereocenters. The molecule has 0 aromatic rings. The van der Waals surface area contributed by atoms with Gasteiger partial charge in [0.15, 0.2) is 0 Å². The molecular weight excluding hydrogens is 214 g/mol. The monoisotopic (exact) mass is 237 g/mol. The summed E-state index contributed by atoms with van der Waals surface area (Å²) in [4.78, 5) is 12.3. The molecule has 1 heterocycles. The highest BCUT2D eigenvalue weighted by atomic mass is 16.5. The molecular formula is C14H23NO2. The molecule has 3 aliphatic rings. The summed E-state index contributed by atoms with van der Waals surface area (Å²) in [6.07, 6.45) is 11.7. The summed E-state index contributed by atoms with van der Waals surface area (Å²) in [6, 6.07) is 0. The average Bonchev–Trinajstić information content (AvgIpc) is 2.55. The van der Waals surface area contributed by atoms with Gasteiger partial charge in [0.25, 0.3) is 0 Å². The Morgan fingerprint density at radius 2 is 1.71 bits per heavy atom. The minimum atomic E-state index is -0.291. The first-order chi connectivity index (χ1) is 8.29. The van der Waals surface area contributed by atoms with Crippen molar-refractivity contribution in [1.29, 1.82) is 0 Å². The van der Waals surface area contributed by atoms with Gasteiger partial charge in [-0.15, -0.1) is 0 Å². The van der Waals surface area contributed by atoms with Gasteiger partial charge in [0.1, 0.15) is 5.72 Å². The van der Waals surface area contributed by atoms with Crippen LogP contribution in [0.25, 0.3) is 0 Å². The zero-order chi connectivity index (χ0) is 11.7. The van der Waals surface area contributed by atoms with Gasteiger partial charge in [-0.05, 0) is 38.5 Å². The SMILES string of the molecule is O=C1NC2(CCCCC2)O[C@H]2CCCCC[C@@H]12. The summed E-state index contributed by atoms with van der Waals surface area (Å²) in [5.74, 6) is 0.398. The Labute approximate surface area is 103 Å². The lowest BCUT2D eigenvalue weighted by Crippen LogP contribution is -2.61. The van der Waals surface area contributed by atoms with Crippen molar-refractivity contribution in [3.63, 3.8) is 0 Å². The van der Waals surface area contributed by atoms with Crippen LogP contribution in [0.2, 0.25) is 0 Å². The molecule has 1 amide bonds. The van der Waals surface area contributed by atoms with E-state index in [4.69, 9.17) is 4.74 Å². The van der Waals surface area contributed by atoms with Crippen LogP contribution in [0.3, 0.4) is 0 Å². The first kappa shape index (κ1) is 11.5. The Balaban J connectivity index is 1.77. The molecule has 2 aliphatic carbocycles. The van der Waals surface area contributed by atoms with E-state index < -0.39 is 0 Å². The Hall–Kier alpha value is -0.570. The van der Waals surface area contributed by atoms with Gasteiger partial charge >= 0.3 is 0 Å². The summed E-state index contributed by atoms with van der Waals surface area (Å²) in [6.45, 7) is 0. The lowest BCUT2D eigenvalue weighted by molar-refractivity contribution is -0.192. The van der Waals surface area contributed by atoms with Crippen LogP contribution in [0, 0.1) is 5.92 Å². The fraction of sp³-hybridized carbons (Fsp3) is 0.929. The van der Waals surface area contributed by atoms with Crippen LogP contribution >= 0.6 is 0 Å². The molecule has 3 fully saturated rings. The van der Waals surface area contributed by atoms with Gasteiger partial charge in [-0.3, -0.25) is 4.79 Å². The van der Waals surface area contributed by atoms with Crippen LogP contribution in [0.15, 0.2) is 0 Å². The molecule has 3 nitrogen and oxygen atoms in total. The topological polar surface area (TPSA) is 38.3 Å². The molecule has 0 unspecified atom stereocenters.